The Morgan fingerprint density at radius 3 is 1.63 bits per heavy atom. The summed E-state index contributed by atoms with van der Waals surface area (Å²) in [5, 5.41) is 0. The standard InChI is InChI=1S/C17H34F2/c1-14(2)17(18,19)11-9-8-10-16(6,7)13-12-15(3,4)5/h14H,8-13H2,1-7H3. The molecule has 2 heteroatoms. The van der Waals surface area contributed by atoms with Crippen molar-refractivity contribution in [2.45, 2.75) is 92.9 Å². The van der Waals surface area contributed by atoms with Gasteiger partial charge in [0.2, 0.25) is 5.92 Å². The van der Waals surface area contributed by atoms with Gasteiger partial charge in [-0.25, -0.2) is 8.78 Å². The molecule has 0 heterocycles. The molecule has 0 aliphatic heterocycles. The van der Waals surface area contributed by atoms with E-state index in [4.69, 9.17) is 0 Å². The average molecular weight is 276 g/mol. The van der Waals surface area contributed by atoms with Crippen molar-refractivity contribution in [1.82, 2.24) is 0 Å². The second-order valence-corrected chi connectivity index (χ2v) is 8.35. The van der Waals surface area contributed by atoms with Gasteiger partial charge in [0.05, 0.1) is 0 Å². The highest BCUT2D eigenvalue weighted by atomic mass is 19.3. The molecule has 0 rings (SSSR count). The molecule has 0 unspecified atom stereocenters. The Hall–Kier alpha value is -0.140. The predicted molar refractivity (Wildman–Crippen MR) is 80.7 cm³/mol. The molecule has 0 aliphatic rings. The van der Waals surface area contributed by atoms with Crippen molar-refractivity contribution in [3.8, 4) is 0 Å². The largest absolute Gasteiger partial charge is 0.250 e. The molecule has 0 saturated heterocycles. The molecule has 0 atom stereocenters. The number of hydrogen-bond donors (Lipinski definition) is 0. The van der Waals surface area contributed by atoms with Gasteiger partial charge in [0, 0.05) is 12.3 Å². The normalized spacial score (nSPS) is 14.2. The van der Waals surface area contributed by atoms with Crippen LogP contribution in [0.4, 0.5) is 8.78 Å². The summed E-state index contributed by atoms with van der Waals surface area (Å²) in [4.78, 5) is 0. The van der Waals surface area contributed by atoms with E-state index in [1.807, 2.05) is 0 Å². The van der Waals surface area contributed by atoms with Crippen LogP contribution in [0.25, 0.3) is 0 Å². The summed E-state index contributed by atoms with van der Waals surface area (Å²) in [6.07, 6.45) is 5.03. The van der Waals surface area contributed by atoms with Gasteiger partial charge in [0.25, 0.3) is 0 Å². The summed E-state index contributed by atoms with van der Waals surface area (Å²) in [6.45, 7) is 14.5. The second kappa shape index (κ2) is 7.04. The molecule has 0 aromatic carbocycles. The van der Waals surface area contributed by atoms with Crippen LogP contribution in [-0.2, 0) is 0 Å². The first-order valence-electron chi connectivity index (χ1n) is 7.74. The molecule has 0 amide bonds. The molecule has 0 bridgehead atoms. The lowest BCUT2D eigenvalue weighted by Gasteiger charge is -2.29. The lowest BCUT2D eigenvalue weighted by Crippen LogP contribution is -2.23. The Kier molecular flexibility index (Phi) is 6.99. The summed E-state index contributed by atoms with van der Waals surface area (Å²) >= 11 is 0. The molecule has 0 aromatic rings. The van der Waals surface area contributed by atoms with Gasteiger partial charge in [0.15, 0.2) is 0 Å². The number of hydrogen-bond acceptors (Lipinski definition) is 0. The summed E-state index contributed by atoms with van der Waals surface area (Å²) in [5.74, 6) is -3.03. The third kappa shape index (κ3) is 9.40. The zero-order chi connectivity index (χ0) is 15.3. The second-order valence-electron chi connectivity index (χ2n) is 8.35. The fraction of sp³-hybridized carbons (Fsp3) is 1.00. The minimum atomic E-state index is -2.49. The Bertz CT molecular complexity index is 246. The molecule has 0 spiro atoms. The zero-order valence-electron chi connectivity index (χ0n) is 14.1. The van der Waals surface area contributed by atoms with Gasteiger partial charge in [-0.15, -0.1) is 0 Å². The highest BCUT2D eigenvalue weighted by Gasteiger charge is 2.32. The van der Waals surface area contributed by atoms with Gasteiger partial charge < -0.3 is 0 Å². The Morgan fingerprint density at radius 2 is 1.21 bits per heavy atom. The van der Waals surface area contributed by atoms with Crippen LogP contribution < -0.4 is 0 Å². The summed E-state index contributed by atoms with van der Waals surface area (Å²) in [6, 6.07) is 0. The van der Waals surface area contributed by atoms with Gasteiger partial charge in [0.1, 0.15) is 0 Å². The van der Waals surface area contributed by atoms with Gasteiger partial charge in [-0.2, -0.15) is 0 Å². The van der Waals surface area contributed by atoms with Gasteiger partial charge >= 0.3 is 0 Å². The Morgan fingerprint density at radius 1 is 0.737 bits per heavy atom. The highest BCUT2D eigenvalue weighted by Crippen LogP contribution is 2.36. The molecule has 0 fully saturated rings. The molecule has 0 saturated carbocycles. The van der Waals surface area contributed by atoms with Crippen LogP contribution in [0.1, 0.15) is 87.0 Å². The number of rotatable bonds is 8. The fourth-order valence-corrected chi connectivity index (χ4v) is 2.09. The van der Waals surface area contributed by atoms with Gasteiger partial charge in [-0.1, -0.05) is 54.9 Å². The molecule has 0 nitrogen and oxygen atoms in total. The first-order valence-corrected chi connectivity index (χ1v) is 7.74. The number of unbranched alkanes of at least 4 members (excludes halogenated alkanes) is 1. The lowest BCUT2D eigenvalue weighted by atomic mass is 9.77. The zero-order valence-corrected chi connectivity index (χ0v) is 14.1. The van der Waals surface area contributed by atoms with E-state index in [9.17, 15) is 8.78 Å². The van der Waals surface area contributed by atoms with E-state index >= 15 is 0 Å². The maximum Gasteiger partial charge on any atom is 0.250 e. The van der Waals surface area contributed by atoms with Crippen molar-refractivity contribution in [2.24, 2.45) is 16.7 Å². The van der Waals surface area contributed by atoms with Crippen molar-refractivity contribution >= 4 is 0 Å². The van der Waals surface area contributed by atoms with Crippen molar-refractivity contribution in [2.75, 3.05) is 0 Å². The molecule has 0 aliphatic carbocycles. The van der Waals surface area contributed by atoms with Crippen molar-refractivity contribution in [1.29, 1.82) is 0 Å². The molecule has 0 aromatic heterocycles. The van der Waals surface area contributed by atoms with Crippen LogP contribution in [0.15, 0.2) is 0 Å². The van der Waals surface area contributed by atoms with E-state index in [1.54, 1.807) is 13.8 Å². The summed E-state index contributed by atoms with van der Waals surface area (Å²) in [7, 11) is 0. The van der Waals surface area contributed by atoms with Crippen LogP contribution in [0.5, 0.6) is 0 Å². The van der Waals surface area contributed by atoms with Crippen LogP contribution in [-0.4, -0.2) is 5.92 Å². The molecule has 116 valence electrons. The van der Waals surface area contributed by atoms with E-state index in [0.29, 0.717) is 11.8 Å². The van der Waals surface area contributed by atoms with E-state index in [2.05, 4.69) is 34.6 Å². The van der Waals surface area contributed by atoms with Crippen LogP contribution in [0.2, 0.25) is 0 Å². The number of halogens is 2. The first kappa shape index (κ1) is 18.9. The maximum absolute atomic E-state index is 13.5. The minimum absolute atomic E-state index is 0.0417. The quantitative estimate of drug-likeness (QED) is 0.433. The Labute approximate surface area is 119 Å². The fourth-order valence-electron chi connectivity index (χ4n) is 2.09. The predicted octanol–water partition coefficient (Wildman–Crippen LogP) is 6.69. The van der Waals surface area contributed by atoms with Gasteiger partial charge in [-0.05, 0) is 36.5 Å². The molecular formula is C17H34F2. The van der Waals surface area contributed by atoms with E-state index in [-0.39, 0.29) is 11.8 Å². The molecular weight excluding hydrogens is 242 g/mol. The molecule has 19 heavy (non-hydrogen) atoms. The third-order valence-electron chi connectivity index (χ3n) is 4.01. The van der Waals surface area contributed by atoms with Crippen molar-refractivity contribution in [3.05, 3.63) is 0 Å². The third-order valence-corrected chi connectivity index (χ3v) is 4.01. The topological polar surface area (TPSA) is 0 Å². The minimum Gasteiger partial charge on any atom is -0.207 e. The van der Waals surface area contributed by atoms with E-state index in [1.165, 1.54) is 12.8 Å². The first-order chi connectivity index (χ1) is 8.36. The highest BCUT2D eigenvalue weighted by molar-refractivity contribution is 4.75. The van der Waals surface area contributed by atoms with Crippen molar-refractivity contribution < 1.29 is 8.78 Å². The SMILES string of the molecule is CC(C)C(F)(F)CCCCC(C)(C)CCC(C)(C)C. The monoisotopic (exact) mass is 276 g/mol. The van der Waals surface area contributed by atoms with Crippen molar-refractivity contribution in [3.63, 3.8) is 0 Å². The van der Waals surface area contributed by atoms with E-state index < -0.39 is 11.8 Å². The summed E-state index contributed by atoms with van der Waals surface area (Å²) < 4.78 is 26.9. The average Bonchev–Trinajstić information content (AvgIpc) is 2.21. The molecule has 0 N–H and O–H groups in total. The smallest absolute Gasteiger partial charge is 0.207 e. The van der Waals surface area contributed by atoms with Crippen LogP contribution >= 0.6 is 0 Å². The molecule has 0 radical (unpaired) electrons. The van der Waals surface area contributed by atoms with E-state index in [0.717, 1.165) is 12.8 Å². The maximum atomic E-state index is 13.5. The van der Waals surface area contributed by atoms with Gasteiger partial charge in [-0.3, -0.25) is 0 Å². The Balaban J connectivity index is 3.93. The lowest BCUT2D eigenvalue weighted by molar-refractivity contribution is -0.0544. The summed E-state index contributed by atoms with van der Waals surface area (Å²) in [5.41, 5.74) is 0.641. The van der Waals surface area contributed by atoms with Crippen LogP contribution in [0.3, 0.4) is 0 Å². The number of alkyl halides is 2. The van der Waals surface area contributed by atoms with Crippen LogP contribution in [0, 0.1) is 16.7 Å².